The second-order valence-corrected chi connectivity index (χ2v) is 9.66. The van der Waals surface area contributed by atoms with Gasteiger partial charge in [0, 0.05) is 32.1 Å². The fraction of sp³-hybridized carbons (Fsp3) is 0.440. The van der Waals surface area contributed by atoms with Gasteiger partial charge in [-0.05, 0) is 80.1 Å². The fourth-order valence-corrected chi connectivity index (χ4v) is 5.43. The number of hydrogen-bond acceptors (Lipinski definition) is 5. The zero-order chi connectivity index (χ0) is 21.8. The Labute approximate surface area is 189 Å². The number of carbonyl (C=O) groups is 1. The highest BCUT2D eigenvalue weighted by atomic mass is 32.2. The van der Waals surface area contributed by atoms with Crippen LogP contribution in [0.5, 0.6) is 11.5 Å². The molecule has 0 radical (unpaired) electrons. The lowest BCUT2D eigenvalue weighted by Gasteiger charge is -2.35. The normalized spacial score (nSPS) is 17.5. The van der Waals surface area contributed by atoms with Crippen molar-refractivity contribution < 1.29 is 9.53 Å². The van der Waals surface area contributed by atoms with Gasteiger partial charge in [0.15, 0.2) is 0 Å². The topological polar surface area (TPSA) is 56.6 Å². The largest absolute Gasteiger partial charge is 0.456 e. The first-order valence-electron chi connectivity index (χ1n) is 11.0. The van der Waals surface area contributed by atoms with Gasteiger partial charge in [-0.2, -0.15) is 5.26 Å². The van der Waals surface area contributed by atoms with Crippen molar-refractivity contribution in [2.45, 2.75) is 44.4 Å². The molecule has 0 N–H and O–H groups in total. The second-order valence-electron chi connectivity index (χ2n) is 8.53. The highest BCUT2D eigenvalue weighted by Crippen LogP contribution is 2.36. The Kier molecular flexibility index (Phi) is 6.84. The molecule has 31 heavy (non-hydrogen) atoms. The molecule has 162 valence electrons. The zero-order valence-electron chi connectivity index (χ0n) is 18.3. The number of amides is 1. The molecule has 2 aromatic carbocycles. The van der Waals surface area contributed by atoms with Gasteiger partial charge in [-0.1, -0.05) is 18.9 Å². The Morgan fingerprint density at radius 2 is 1.71 bits per heavy atom. The summed E-state index contributed by atoms with van der Waals surface area (Å²) in [6.45, 7) is 7.24. The third-order valence-electron chi connectivity index (χ3n) is 5.98. The Morgan fingerprint density at radius 1 is 1.03 bits per heavy atom. The predicted octanol–water partition coefficient (Wildman–Crippen LogP) is 5.31. The maximum absolute atomic E-state index is 12.7. The number of nitrogens with zero attached hydrogens (tertiary/aromatic N) is 3. The number of aryl methyl sites for hydroxylation is 2. The molecule has 1 aliphatic carbocycles. The monoisotopic (exact) mass is 435 g/mol. The first-order chi connectivity index (χ1) is 15.0. The molecule has 2 aromatic rings. The molecular formula is C25H29N3O2S. The Morgan fingerprint density at radius 3 is 2.35 bits per heavy atom. The fourth-order valence-electron chi connectivity index (χ4n) is 4.42. The van der Waals surface area contributed by atoms with E-state index < -0.39 is 0 Å². The molecule has 1 heterocycles. The summed E-state index contributed by atoms with van der Waals surface area (Å²) in [6.07, 6.45) is 4.47. The molecule has 2 fully saturated rings. The average molecular weight is 436 g/mol. The van der Waals surface area contributed by atoms with E-state index in [1.807, 2.05) is 29.2 Å². The van der Waals surface area contributed by atoms with E-state index in [-0.39, 0.29) is 5.92 Å². The first-order valence-corrected chi connectivity index (χ1v) is 11.8. The molecule has 1 amide bonds. The quantitative estimate of drug-likeness (QED) is 0.596. The van der Waals surface area contributed by atoms with E-state index in [9.17, 15) is 10.1 Å². The number of nitriles is 1. The SMILES string of the molecule is Cc1cc(C)cc(Oc2ccc(C#N)cc2SN2CCN(C(=O)C3CCCC3)CC2)c1. The maximum Gasteiger partial charge on any atom is 0.225 e. The van der Waals surface area contributed by atoms with Gasteiger partial charge >= 0.3 is 0 Å². The molecule has 0 atom stereocenters. The van der Waals surface area contributed by atoms with Crippen LogP contribution in [0.3, 0.4) is 0 Å². The number of carbonyl (C=O) groups excluding carboxylic acids is 1. The molecule has 2 aliphatic rings. The van der Waals surface area contributed by atoms with Crippen LogP contribution in [0.4, 0.5) is 0 Å². The van der Waals surface area contributed by atoms with E-state index >= 15 is 0 Å². The lowest BCUT2D eigenvalue weighted by Crippen LogP contribution is -2.48. The average Bonchev–Trinajstić information content (AvgIpc) is 3.29. The van der Waals surface area contributed by atoms with Crippen molar-refractivity contribution in [1.82, 2.24) is 9.21 Å². The third-order valence-corrected chi connectivity index (χ3v) is 7.12. The Balaban J connectivity index is 1.44. The Bertz CT molecular complexity index is 966. The van der Waals surface area contributed by atoms with Crippen LogP contribution < -0.4 is 4.74 Å². The molecule has 4 rings (SSSR count). The smallest absolute Gasteiger partial charge is 0.225 e. The van der Waals surface area contributed by atoms with E-state index in [0.717, 1.165) is 66.5 Å². The molecule has 0 unspecified atom stereocenters. The number of benzene rings is 2. The minimum atomic E-state index is 0.240. The second kappa shape index (κ2) is 9.76. The van der Waals surface area contributed by atoms with Gasteiger partial charge in [0.25, 0.3) is 0 Å². The zero-order valence-corrected chi connectivity index (χ0v) is 19.1. The van der Waals surface area contributed by atoms with Crippen LogP contribution in [-0.4, -0.2) is 41.3 Å². The molecule has 1 saturated heterocycles. The molecule has 1 saturated carbocycles. The lowest BCUT2D eigenvalue weighted by molar-refractivity contribution is -0.136. The van der Waals surface area contributed by atoms with Crippen molar-refractivity contribution in [2.24, 2.45) is 5.92 Å². The summed E-state index contributed by atoms with van der Waals surface area (Å²) in [7, 11) is 0. The number of rotatable bonds is 5. The van der Waals surface area contributed by atoms with Crippen LogP contribution in [0.1, 0.15) is 42.4 Å². The van der Waals surface area contributed by atoms with Crippen molar-refractivity contribution in [1.29, 1.82) is 5.26 Å². The van der Waals surface area contributed by atoms with Crippen LogP contribution in [-0.2, 0) is 4.79 Å². The summed E-state index contributed by atoms with van der Waals surface area (Å²) in [5.41, 5.74) is 2.92. The van der Waals surface area contributed by atoms with Crippen molar-refractivity contribution in [3.8, 4) is 17.6 Å². The minimum Gasteiger partial charge on any atom is -0.456 e. The van der Waals surface area contributed by atoms with Gasteiger partial charge < -0.3 is 9.64 Å². The van der Waals surface area contributed by atoms with E-state index in [4.69, 9.17) is 4.74 Å². The van der Waals surface area contributed by atoms with E-state index in [1.165, 1.54) is 12.8 Å². The molecule has 5 nitrogen and oxygen atoms in total. The van der Waals surface area contributed by atoms with Gasteiger partial charge in [-0.15, -0.1) is 0 Å². The van der Waals surface area contributed by atoms with Crippen LogP contribution in [0, 0.1) is 31.1 Å². The molecule has 0 aromatic heterocycles. The standard InChI is InChI=1S/C25H29N3O2S/c1-18-13-19(2)15-22(14-18)30-23-8-7-20(17-26)16-24(23)31-28-11-9-27(10-12-28)25(29)21-5-3-4-6-21/h7-8,13-16,21H,3-6,9-12H2,1-2H3. The number of ether oxygens (including phenoxy) is 1. The third kappa shape index (κ3) is 5.41. The van der Waals surface area contributed by atoms with Crippen LogP contribution in [0.2, 0.25) is 0 Å². The van der Waals surface area contributed by atoms with Gasteiger partial charge in [-0.25, -0.2) is 4.31 Å². The van der Waals surface area contributed by atoms with Crippen molar-refractivity contribution in [3.05, 3.63) is 53.1 Å². The van der Waals surface area contributed by atoms with E-state index in [0.29, 0.717) is 11.5 Å². The molecule has 1 aliphatic heterocycles. The lowest BCUT2D eigenvalue weighted by atomic mass is 10.1. The first kappa shape index (κ1) is 21.7. The van der Waals surface area contributed by atoms with Crippen LogP contribution in [0.15, 0.2) is 41.3 Å². The highest BCUT2D eigenvalue weighted by molar-refractivity contribution is 7.97. The summed E-state index contributed by atoms with van der Waals surface area (Å²) in [6, 6.07) is 13.9. The van der Waals surface area contributed by atoms with Crippen LogP contribution >= 0.6 is 11.9 Å². The Hall–Kier alpha value is -2.49. The number of hydrogen-bond donors (Lipinski definition) is 0. The van der Waals surface area contributed by atoms with Crippen molar-refractivity contribution >= 4 is 17.9 Å². The summed E-state index contributed by atoms with van der Waals surface area (Å²) < 4.78 is 8.48. The number of piperazine rings is 1. The summed E-state index contributed by atoms with van der Waals surface area (Å²) >= 11 is 1.61. The highest BCUT2D eigenvalue weighted by Gasteiger charge is 2.29. The molecule has 0 bridgehead atoms. The van der Waals surface area contributed by atoms with Gasteiger partial charge in [0.05, 0.1) is 16.5 Å². The minimum absolute atomic E-state index is 0.240. The van der Waals surface area contributed by atoms with Crippen molar-refractivity contribution in [2.75, 3.05) is 26.2 Å². The summed E-state index contributed by atoms with van der Waals surface area (Å²) in [5.74, 6) is 2.13. The summed E-state index contributed by atoms with van der Waals surface area (Å²) in [4.78, 5) is 15.7. The van der Waals surface area contributed by atoms with Gasteiger partial charge in [0.1, 0.15) is 11.5 Å². The van der Waals surface area contributed by atoms with E-state index in [2.05, 4.69) is 30.3 Å². The van der Waals surface area contributed by atoms with Gasteiger partial charge in [-0.3, -0.25) is 4.79 Å². The predicted molar refractivity (Wildman–Crippen MR) is 123 cm³/mol. The van der Waals surface area contributed by atoms with Gasteiger partial charge in [0.2, 0.25) is 5.91 Å². The van der Waals surface area contributed by atoms with Crippen LogP contribution in [0.25, 0.3) is 0 Å². The molecular weight excluding hydrogens is 406 g/mol. The summed E-state index contributed by atoms with van der Waals surface area (Å²) in [5, 5.41) is 9.36. The maximum atomic E-state index is 12.7. The molecule has 6 heteroatoms. The molecule has 0 spiro atoms. The van der Waals surface area contributed by atoms with E-state index in [1.54, 1.807) is 18.0 Å². The van der Waals surface area contributed by atoms with Crippen molar-refractivity contribution in [3.63, 3.8) is 0 Å².